The summed E-state index contributed by atoms with van der Waals surface area (Å²) >= 11 is 0. The van der Waals surface area contributed by atoms with Gasteiger partial charge >= 0.3 is 6.03 Å². The molecule has 0 unspecified atom stereocenters. The van der Waals surface area contributed by atoms with Crippen molar-refractivity contribution in [2.75, 3.05) is 18.5 Å². The molecule has 0 heterocycles. The molecule has 0 saturated heterocycles. The summed E-state index contributed by atoms with van der Waals surface area (Å²) in [5, 5.41) is 5.23. The van der Waals surface area contributed by atoms with Gasteiger partial charge in [-0.3, -0.25) is 0 Å². The zero-order chi connectivity index (χ0) is 17.6. The Morgan fingerprint density at radius 2 is 1.88 bits per heavy atom. The van der Waals surface area contributed by atoms with Crippen molar-refractivity contribution in [3.8, 4) is 5.75 Å². The van der Waals surface area contributed by atoms with Gasteiger partial charge in [0.1, 0.15) is 18.2 Å². The predicted octanol–water partition coefficient (Wildman–Crippen LogP) is 4.32. The van der Waals surface area contributed by atoms with Crippen molar-refractivity contribution in [1.82, 2.24) is 5.32 Å². The largest absolute Gasteiger partial charge is 0.492 e. The number of anilines is 1. The molecule has 2 aromatic carbocycles. The number of nitrogens with one attached hydrogen (secondary N) is 2. The van der Waals surface area contributed by atoms with E-state index in [0.717, 1.165) is 5.75 Å². The lowest BCUT2D eigenvalue weighted by molar-refractivity contribution is 0.247. The highest BCUT2D eigenvalue weighted by Gasteiger charge is 2.13. The second-order valence-electron chi connectivity index (χ2n) is 6.52. The third-order valence-corrected chi connectivity index (χ3v) is 3.44. The first-order valence-electron chi connectivity index (χ1n) is 7.88. The zero-order valence-corrected chi connectivity index (χ0v) is 14.2. The van der Waals surface area contributed by atoms with Crippen LogP contribution >= 0.6 is 0 Å². The molecule has 0 aliphatic rings. The number of carbonyl (C=O) groups excluding carboxylic acids is 1. The number of ether oxygens (including phenoxy) is 1. The highest BCUT2D eigenvalue weighted by Crippen LogP contribution is 2.25. The zero-order valence-electron chi connectivity index (χ0n) is 14.2. The lowest BCUT2D eigenvalue weighted by Gasteiger charge is -2.19. The summed E-state index contributed by atoms with van der Waals surface area (Å²) in [6.45, 7) is 7.13. The van der Waals surface area contributed by atoms with Crippen molar-refractivity contribution in [2.24, 2.45) is 0 Å². The van der Waals surface area contributed by atoms with Gasteiger partial charge in [0.25, 0.3) is 0 Å². The van der Waals surface area contributed by atoms with Crippen molar-refractivity contribution in [2.45, 2.75) is 26.2 Å². The van der Waals surface area contributed by atoms with Crippen LogP contribution in [-0.4, -0.2) is 19.2 Å². The summed E-state index contributed by atoms with van der Waals surface area (Å²) < 4.78 is 18.7. The van der Waals surface area contributed by atoms with Crippen LogP contribution < -0.4 is 15.4 Å². The van der Waals surface area contributed by atoms with Gasteiger partial charge in [-0.15, -0.1) is 0 Å². The van der Waals surface area contributed by atoms with Gasteiger partial charge in [-0.1, -0.05) is 39.0 Å². The minimum atomic E-state index is -0.396. The molecule has 0 bridgehead atoms. The van der Waals surface area contributed by atoms with Crippen molar-refractivity contribution >= 4 is 11.7 Å². The Morgan fingerprint density at radius 1 is 1.12 bits per heavy atom. The average Bonchev–Trinajstić information content (AvgIpc) is 2.51. The molecule has 5 heteroatoms. The SMILES string of the molecule is CC(C)(C)c1cccc(OCCNC(=O)Nc2cccc(F)c2)c1. The Morgan fingerprint density at radius 3 is 2.58 bits per heavy atom. The van der Waals surface area contributed by atoms with Crippen LogP contribution in [0.15, 0.2) is 48.5 Å². The third-order valence-electron chi connectivity index (χ3n) is 3.44. The van der Waals surface area contributed by atoms with Gasteiger partial charge < -0.3 is 15.4 Å². The van der Waals surface area contributed by atoms with Crippen LogP contribution in [0.5, 0.6) is 5.75 Å². The van der Waals surface area contributed by atoms with Crippen molar-refractivity contribution in [3.05, 3.63) is 59.9 Å². The van der Waals surface area contributed by atoms with E-state index in [1.165, 1.54) is 23.8 Å². The predicted molar refractivity (Wildman–Crippen MR) is 94.1 cm³/mol. The number of benzene rings is 2. The molecule has 2 rings (SSSR count). The quantitative estimate of drug-likeness (QED) is 0.802. The summed E-state index contributed by atoms with van der Waals surface area (Å²) in [6, 6.07) is 13.3. The van der Waals surface area contributed by atoms with Crippen LogP contribution in [0.1, 0.15) is 26.3 Å². The van der Waals surface area contributed by atoms with Crippen LogP contribution in [0.25, 0.3) is 0 Å². The Hall–Kier alpha value is -2.56. The molecule has 0 spiro atoms. The van der Waals surface area contributed by atoms with Crippen molar-refractivity contribution in [3.63, 3.8) is 0 Å². The number of urea groups is 1. The molecule has 0 aliphatic heterocycles. The number of carbonyl (C=O) groups is 1. The van der Waals surface area contributed by atoms with E-state index in [4.69, 9.17) is 4.74 Å². The molecular weight excluding hydrogens is 307 g/mol. The summed E-state index contributed by atoms with van der Waals surface area (Å²) in [7, 11) is 0. The second kappa shape index (κ2) is 7.81. The molecule has 128 valence electrons. The van der Waals surface area contributed by atoms with Crippen LogP contribution in [0.4, 0.5) is 14.9 Å². The first-order chi connectivity index (χ1) is 11.3. The fourth-order valence-corrected chi connectivity index (χ4v) is 2.13. The molecular formula is C19H23FN2O2. The van der Waals surface area contributed by atoms with E-state index >= 15 is 0 Å². The van der Waals surface area contributed by atoms with Gasteiger partial charge in [0.05, 0.1) is 6.54 Å². The van der Waals surface area contributed by atoms with Crippen molar-refractivity contribution in [1.29, 1.82) is 0 Å². The molecule has 2 N–H and O–H groups in total. The molecule has 4 nitrogen and oxygen atoms in total. The first-order valence-corrected chi connectivity index (χ1v) is 7.88. The highest BCUT2D eigenvalue weighted by atomic mass is 19.1. The maximum Gasteiger partial charge on any atom is 0.319 e. The molecule has 0 radical (unpaired) electrons. The lowest BCUT2D eigenvalue weighted by Crippen LogP contribution is -2.32. The maximum absolute atomic E-state index is 13.0. The molecule has 0 aromatic heterocycles. The van der Waals surface area contributed by atoms with Crippen LogP contribution in [0.2, 0.25) is 0 Å². The normalized spacial score (nSPS) is 11.0. The van der Waals surface area contributed by atoms with Crippen LogP contribution in [0.3, 0.4) is 0 Å². The smallest absolute Gasteiger partial charge is 0.319 e. The number of rotatable bonds is 5. The van der Waals surface area contributed by atoms with Gasteiger partial charge in [-0.05, 0) is 41.3 Å². The number of hydrogen-bond acceptors (Lipinski definition) is 2. The van der Waals surface area contributed by atoms with Crippen LogP contribution in [0, 0.1) is 5.82 Å². The second-order valence-corrected chi connectivity index (χ2v) is 6.52. The molecule has 2 aromatic rings. The van der Waals surface area contributed by atoms with E-state index in [9.17, 15) is 9.18 Å². The fourth-order valence-electron chi connectivity index (χ4n) is 2.13. The molecule has 0 aliphatic carbocycles. The molecule has 2 amide bonds. The Balaban J connectivity index is 1.76. The minimum Gasteiger partial charge on any atom is -0.492 e. The summed E-state index contributed by atoms with van der Waals surface area (Å²) in [4.78, 5) is 11.7. The standard InChI is InChI=1S/C19H23FN2O2/c1-19(2,3)14-6-4-9-17(12-14)24-11-10-21-18(23)22-16-8-5-7-15(20)13-16/h4-9,12-13H,10-11H2,1-3H3,(H2,21,22,23). The number of amides is 2. The molecule has 0 fully saturated rings. The third kappa shape index (κ3) is 5.57. The fraction of sp³-hybridized carbons (Fsp3) is 0.316. The van der Waals surface area contributed by atoms with E-state index in [1.54, 1.807) is 6.07 Å². The topological polar surface area (TPSA) is 50.4 Å². The summed E-state index contributed by atoms with van der Waals surface area (Å²) in [5.41, 5.74) is 1.66. The summed E-state index contributed by atoms with van der Waals surface area (Å²) in [6.07, 6.45) is 0. The van der Waals surface area contributed by atoms with E-state index in [-0.39, 0.29) is 5.41 Å². The van der Waals surface area contributed by atoms with Gasteiger partial charge in [0, 0.05) is 5.69 Å². The average molecular weight is 330 g/mol. The Kier molecular flexibility index (Phi) is 5.79. The van der Waals surface area contributed by atoms with Gasteiger partial charge in [-0.25, -0.2) is 9.18 Å². The van der Waals surface area contributed by atoms with E-state index in [1.807, 2.05) is 18.2 Å². The Bertz CT molecular complexity index is 696. The lowest BCUT2D eigenvalue weighted by atomic mass is 9.87. The Labute approximate surface area is 142 Å². The van der Waals surface area contributed by atoms with Gasteiger partial charge in [-0.2, -0.15) is 0 Å². The number of halogens is 1. The van der Waals surface area contributed by atoms with E-state index in [0.29, 0.717) is 18.8 Å². The van der Waals surface area contributed by atoms with Crippen LogP contribution in [-0.2, 0) is 5.41 Å². The number of hydrogen-bond donors (Lipinski definition) is 2. The molecule has 24 heavy (non-hydrogen) atoms. The van der Waals surface area contributed by atoms with Gasteiger partial charge in [0.15, 0.2) is 0 Å². The minimum absolute atomic E-state index is 0.0580. The molecule has 0 saturated carbocycles. The van der Waals surface area contributed by atoms with Gasteiger partial charge in [0.2, 0.25) is 0 Å². The first kappa shape index (κ1) is 17.8. The summed E-state index contributed by atoms with van der Waals surface area (Å²) in [5.74, 6) is 0.379. The van der Waals surface area contributed by atoms with Crippen molar-refractivity contribution < 1.29 is 13.9 Å². The van der Waals surface area contributed by atoms with E-state index < -0.39 is 11.8 Å². The maximum atomic E-state index is 13.0. The molecule has 0 atom stereocenters. The van der Waals surface area contributed by atoms with E-state index in [2.05, 4.69) is 37.5 Å². The monoisotopic (exact) mass is 330 g/mol. The highest BCUT2D eigenvalue weighted by molar-refractivity contribution is 5.89.